The lowest BCUT2D eigenvalue weighted by atomic mass is 9.67. The summed E-state index contributed by atoms with van der Waals surface area (Å²) in [6, 6.07) is 0.693. The van der Waals surface area contributed by atoms with E-state index in [1.54, 1.807) is 0 Å². The summed E-state index contributed by atoms with van der Waals surface area (Å²) < 4.78 is 0. The lowest BCUT2D eigenvalue weighted by Crippen LogP contribution is -2.50. The van der Waals surface area contributed by atoms with Crippen molar-refractivity contribution < 1.29 is 5.11 Å². The Morgan fingerprint density at radius 3 is 2.53 bits per heavy atom. The van der Waals surface area contributed by atoms with E-state index in [2.05, 4.69) is 11.8 Å². The van der Waals surface area contributed by atoms with Gasteiger partial charge in [0.2, 0.25) is 0 Å². The number of nitrogens with zero attached hydrogens (tertiary/aromatic N) is 1. The van der Waals surface area contributed by atoms with Crippen LogP contribution >= 0.6 is 0 Å². The molecule has 0 aromatic carbocycles. The zero-order valence-electron chi connectivity index (χ0n) is 11.2. The molecular weight excluding hydrogens is 210 g/mol. The van der Waals surface area contributed by atoms with E-state index < -0.39 is 0 Å². The smallest absolute Gasteiger partial charge is 0.0555 e. The average molecular weight is 237 g/mol. The van der Waals surface area contributed by atoms with Crippen molar-refractivity contribution in [3.8, 4) is 0 Å². The van der Waals surface area contributed by atoms with Crippen molar-refractivity contribution >= 4 is 0 Å². The Bertz CT molecular complexity index is 272. The lowest BCUT2D eigenvalue weighted by molar-refractivity contribution is -0.0188. The second-order valence-corrected chi connectivity index (χ2v) is 6.90. The summed E-state index contributed by atoms with van der Waals surface area (Å²) >= 11 is 0. The Morgan fingerprint density at radius 2 is 1.88 bits per heavy atom. The standard InChI is InChI=1S/C15H27NO/c1-12-5-9-16(11-12)14-10-13(17)4-8-15(14)6-2-3-7-15/h12-14,17H,2-11H2,1H3. The molecular formula is C15H27NO. The van der Waals surface area contributed by atoms with Crippen LogP contribution in [-0.2, 0) is 0 Å². The fraction of sp³-hybridized carbons (Fsp3) is 1.00. The van der Waals surface area contributed by atoms with E-state index in [4.69, 9.17) is 0 Å². The van der Waals surface area contributed by atoms with Crippen LogP contribution in [0.25, 0.3) is 0 Å². The first kappa shape index (κ1) is 12.0. The van der Waals surface area contributed by atoms with E-state index in [1.165, 1.54) is 51.6 Å². The average Bonchev–Trinajstić information content (AvgIpc) is 2.93. The highest BCUT2D eigenvalue weighted by molar-refractivity contribution is 5.01. The van der Waals surface area contributed by atoms with Gasteiger partial charge in [-0.3, -0.25) is 4.90 Å². The Morgan fingerprint density at radius 1 is 1.12 bits per heavy atom. The number of likely N-dealkylation sites (tertiary alicyclic amines) is 1. The molecule has 1 aliphatic heterocycles. The number of aliphatic hydroxyl groups is 1. The van der Waals surface area contributed by atoms with Crippen molar-refractivity contribution in [1.82, 2.24) is 4.90 Å². The SMILES string of the molecule is CC1CCN(C2CC(O)CCC23CCCC3)C1. The molecule has 3 aliphatic rings. The van der Waals surface area contributed by atoms with Crippen LogP contribution in [0.2, 0.25) is 0 Å². The first-order valence-electron chi connectivity index (χ1n) is 7.62. The highest BCUT2D eigenvalue weighted by Crippen LogP contribution is 2.51. The van der Waals surface area contributed by atoms with Crippen molar-refractivity contribution in [3.05, 3.63) is 0 Å². The van der Waals surface area contributed by atoms with Crippen LogP contribution in [-0.4, -0.2) is 35.2 Å². The fourth-order valence-electron chi connectivity index (χ4n) is 4.70. The molecule has 0 radical (unpaired) electrons. The van der Waals surface area contributed by atoms with E-state index in [9.17, 15) is 5.11 Å². The van der Waals surface area contributed by atoms with Gasteiger partial charge in [0.1, 0.15) is 0 Å². The lowest BCUT2D eigenvalue weighted by Gasteiger charge is -2.48. The second-order valence-electron chi connectivity index (χ2n) is 6.90. The molecule has 3 rings (SSSR count). The minimum absolute atomic E-state index is 0.0258. The Kier molecular flexibility index (Phi) is 3.20. The van der Waals surface area contributed by atoms with E-state index in [1.807, 2.05) is 0 Å². The van der Waals surface area contributed by atoms with Gasteiger partial charge < -0.3 is 5.11 Å². The number of aliphatic hydroxyl groups excluding tert-OH is 1. The maximum absolute atomic E-state index is 10.0. The van der Waals surface area contributed by atoms with E-state index in [0.29, 0.717) is 11.5 Å². The molecule has 3 fully saturated rings. The zero-order chi connectivity index (χ0) is 11.9. The van der Waals surface area contributed by atoms with Gasteiger partial charge in [0.15, 0.2) is 0 Å². The highest BCUT2D eigenvalue weighted by atomic mass is 16.3. The van der Waals surface area contributed by atoms with Gasteiger partial charge in [-0.15, -0.1) is 0 Å². The first-order valence-corrected chi connectivity index (χ1v) is 7.62. The summed E-state index contributed by atoms with van der Waals surface area (Å²) in [5.74, 6) is 0.868. The molecule has 2 nitrogen and oxygen atoms in total. The quantitative estimate of drug-likeness (QED) is 0.758. The molecule has 3 atom stereocenters. The Balaban J connectivity index is 1.77. The van der Waals surface area contributed by atoms with Crippen molar-refractivity contribution in [2.45, 2.75) is 70.4 Å². The molecule has 2 heteroatoms. The molecule has 0 amide bonds. The third-order valence-electron chi connectivity index (χ3n) is 5.67. The third kappa shape index (κ3) is 2.15. The van der Waals surface area contributed by atoms with Gasteiger partial charge in [-0.2, -0.15) is 0 Å². The summed E-state index contributed by atoms with van der Waals surface area (Å²) in [4.78, 5) is 2.72. The largest absolute Gasteiger partial charge is 0.393 e. The van der Waals surface area contributed by atoms with Crippen LogP contribution in [0.3, 0.4) is 0 Å². The highest BCUT2D eigenvalue weighted by Gasteiger charge is 2.47. The van der Waals surface area contributed by atoms with E-state index in [-0.39, 0.29) is 6.10 Å². The predicted molar refractivity (Wildman–Crippen MR) is 69.9 cm³/mol. The molecule has 0 aromatic heterocycles. The predicted octanol–water partition coefficient (Wildman–Crippen LogP) is 2.80. The molecule has 0 bridgehead atoms. The van der Waals surface area contributed by atoms with E-state index in [0.717, 1.165) is 18.8 Å². The Hall–Kier alpha value is -0.0800. The second kappa shape index (κ2) is 4.55. The maximum Gasteiger partial charge on any atom is 0.0555 e. The maximum atomic E-state index is 10.0. The van der Waals surface area contributed by atoms with Crippen molar-refractivity contribution in [2.75, 3.05) is 13.1 Å². The van der Waals surface area contributed by atoms with Gasteiger partial charge in [-0.1, -0.05) is 19.8 Å². The molecule has 1 spiro atoms. The van der Waals surface area contributed by atoms with Crippen LogP contribution in [0.5, 0.6) is 0 Å². The summed E-state index contributed by atoms with van der Waals surface area (Å²) in [7, 11) is 0. The third-order valence-corrected chi connectivity index (χ3v) is 5.67. The van der Waals surface area contributed by atoms with Crippen LogP contribution in [0.4, 0.5) is 0 Å². The molecule has 98 valence electrons. The first-order chi connectivity index (χ1) is 8.20. The van der Waals surface area contributed by atoms with Gasteiger partial charge in [0.05, 0.1) is 6.10 Å². The minimum Gasteiger partial charge on any atom is -0.393 e. The van der Waals surface area contributed by atoms with Gasteiger partial charge in [-0.25, -0.2) is 0 Å². The normalized spacial score (nSPS) is 42.4. The topological polar surface area (TPSA) is 23.5 Å². The summed E-state index contributed by atoms with van der Waals surface area (Å²) in [6.07, 6.45) is 10.4. The van der Waals surface area contributed by atoms with Crippen molar-refractivity contribution in [3.63, 3.8) is 0 Å². The molecule has 0 aromatic rings. The van der Waals surface area contributed by atoms with Gasteiger partial charge in [-0.05, 0) is 56.4 Å². The van der Waals surface area contributed by atoms with Gasteiger partial charge in [0.25, 0.3) is 0 Å². The molecule has 17 heavy (non-hydrogen) atoms. The molecule has 2 saturated carbocycles. The molecule has 1 N–H and O–H groups in total. The summed E-state index contributed by atoms with van der Waals surface area (Å²) in [5, 5.41) is 10.0. The number of hydrogen-bond donors (Lipinski definition) is 1. The molecule has 1 saturated heterocycles. The van der Waals surface area contributed by atoms with Gasteiger partial charge >= 0.3 is 0 Å². The summed E-state index contributed by atoms with van der Waals surface area (Å²) in [5.41, 5.74) is 0.587. The van der Waals surface area contributed by atoms with E-state index >= 15 is 0 Å². The molecule has 1 heterocycles. The fourth-order valence-corrected chi connectivity index (χ4v) is 4.70. The van der Waals surface area contributed by atoms with Crippen LogP contribution in [0.15, 0.2) is 0 Å². The molecule has 3 unspecified atom stereocenters. The monoisotopic (exact) mass is 237 g/mol. The minimum atomic E-state index is -0.0258. The summed E-state index contributed by atoms with van der Waals surface area (Å²) in [6.45, 7) is 4.93. The number of rotatable bonds is 1. The van der Waals surface area contributed by atoms with Crippen LogP contribution in [0.1, 0.15) is 58.3 Å². The number of hydrogen-bond acceptors (Lipinski definition) is 2. The zero-order valence-corrected chi connectivity index (χ0v) is 11.2. The van der Waals surface area contributed by atoms with Crippen LogP contribution in [0, 0.1) is 11.3 Å². The Labute approximate surface area is 105 Å². The van der Waals surface area contributed by atoms with Crippen molar-refractivity contribution in [2.24, 2.45) is 11.3 Å². The van der Waals surface area contributed by atoms with Crippen molar-refractivity contribution in [1.29, 1.82) is 0 Å². The van der Waals surface area contributed by atoms with Gasteiger partial charge in [0, 0.05) is 12.6 Å². The molecule has 2 aliphatic carbocycles. The van der Waals surface area contributed by atoms with Crippen LogP contribution < -0.4 is 0 Å².